The van der Waals surface area contributed by atoms with Gasteiger partial charge in [-0.2, -0.15) is 0 Å². The molecule has 7 heteroatoms. The van der Waals surface area contributed by atoms with Crippen LogP contribution in [0.3, 0.4) is 0 Å². The van der Waals surface area contributed by atoms with Crippen LogP contribution in [0.15, 0.2) is 24.3 Å². The van der Waals surface area contributed by atoms with Gasteiger partial charge in [0.05, 0.1) is 17.0 Å². The molecule has 1 saturated heterocycles. The van der Waals surface area contributed by atoms with Gasteiger partial charge < -0.3 is 9.74 Å². The van der Waals surface area contributed by atoms with Crippen LogP contribution in [0.5, 0.6) is 0 Å². The average molecular weight is 344 g/mol. The molecular weight excluding hydrogens is 324 g/mol. The van der Waals surface area contributed by atoms with Crippen molar-refractivity contribution in [3.8, 4) is 0 Å². The summed E-state index contributed by atoms with van der Waals surface area (Å²) in [6, 6.07) is 6.34. The first-order valence-corrected chi connectivity index (χ1v) is 8.50. The van der Waals surface area contributed by atoms with E-state index in [2.05, 4.69) is 0 Å². The largest absolute Gasteiger partial charge is 0.342 e. The third-order valence-corrected chi connectivity index (χ3v) is 4.51. The molecule has 0 aliphatic carbocycles. The topological polar surface area (TPSA) is 84.0 Å². The monoisotopic (exact) mass is 344 g/mol. The molecule has 2 heterocycles. The molecule has 0 bridgehead atoms. The number of amides is 3. The molecule has 1 aromatic rings. The van der Waals surface area contributed by atoms with Gasteiger partial charge in [-0.15, -0.1) is 0 Å². The van der Waals surface area contributed by atoms with Crippen molar-refractivity contribution in [2.75, 3.05) is 13.1 Å². The second-order valence-corrected chi connectivity index (χ2v) is 6.29. The zero-order chi connectivity index (χ0) is 18.0. The SMILES string of the molecule is CCCC(=O)N1CCCC(C(=O)ON2C(=O)c3ccccc3C2=O)C1. The fraction of sp³-hybridized carbons (Fsp3) is 0.444. The summed E-state index contributed by atoms with van der Waals surface area (Å²) in [4.78, 5) is 55.7. The number of hydroxylamine groups is 2. The van der Waals surface area contributed by atoms with Crippen molar-refractivity contribution < 1.29 is 24.0 Å². The number of nitrogens with zero attached hydrogens (tertiary/aromatic N) is 2. The van der Waals surface area contributed by atoms with E-state index in [1.54, 1.807) is 17.0 Å². The molecule has 0 aromatic heterocycles. The number of carbonyl (C=O) groups is 4. The van der Waals surface area contributed by atoms with Gasteiger partial charge in [0.2, 0.25) is 5.91 Å². The predicted octanol–water partition coefficient (Wildman–Crippen LogP) is 1.78. The predicted molar refractivity (Wildman–Crippen MR) is 87.2 cm³/mol. The first-order valence-electron chi connectivity index (χ1n) is 8.50. The van der Waals surface area contributed by atoms with Crippen molar-refractivity contribution >= 4 is 23.7 Å². The van der Waals surface area contributed by atoms with E-state index in [-0.39, 0.29) is 23.6 Å². The number of rotatable bonds is 4. The standard InChI is InChI=1S/C18H20N2O5/c1-2-6-15(21)19-10-5-7-12(11-19)18(24)25-20-16(22)13-8-3-4-9-14(13)17(20)23/h3-4,8-9,12H,2,5-7,10-11H2,1H3. The van der Waals surface area contributed by atoms with Crippen LogP contribution in [0.4, 0.5) is 0 Å². The van der Waals surface area contributed by atoms with Crippen LogP contribution in [0, 0.1) is 5.92 Å². The van der Waals surface area contributed by atoms with Crippen LogP contribution >= 0.6 is 0 Å². The van der Waals surface area contributed by atoms with Crippen LogP contribution in [0.1, 0.15) is 53.3 Å². The minimum atomic E-state index is -0.650. The molecule has 1 unspecified atom stereocenters. The quantitative estimate of drug-likeness (QED) is 0.778. The molecule has 0 saturated carbocycles. The number of benzene rings is 1. The number of carbonyl (C=O) groups excluding carboxylic acids is 4. The van der Waals surface area contributed by atoms with Crippen molar-refractivity contribution in [3.63, 3.8) is 0 Å². The van der Waals surface area contributed by atoms with E-state index in [0.717, 1.165) is 6.42 Å². The summed E-state index contributed by atoms with van der Waals surface area (Å²) >= 11 is 0. The number of hydrogen-bond acceptors (Lipinski definition) is 5. The molecule has 2 aliphatic rings. The zero-order valence-electron chi connectivity index (χ0n) is 14.1. The minimum Gasteiger partial charge on any atom is -0.342 e. The second-order valence-electron chi connectivity index (χ2n) is 6.29. The molecule has 2 aliphatic heterocycles. The van der Waals surface area contributed by atoms with E-state index in [1.807, 2.05) is 6.92 Å². The molecule has 3 rings (SSSR count). The fourth-order valence-corrected chi connectivity index (χ4v) is 3.18. The molecule has 0 spiro atoms. The van der Waals surface area contributed by atoms with Gasteiger partial charge in [-0.05, 0) is 31.4 Å². The highest BCUT2D eigenvalue weighted by molar-refractivity contribution is 6.20. The molecular formula is C18H20N2O5. The first kappa shape index (κ1) is 17.1. The van der Waals surface area contributed by atoms with E-state index in [0.29, 0.717) is 30.9 Å². The highest BCUT2D eigenvalue weighted by Crippen LogP contribution is 2.25. The maximum absolute atomic E-state index is 12.4. The molecule has 7 nitrogen and oxygen atoms in total. The summed E-state index contributed by atoms with van der Waals surface area (Å²) in [5, 5.41) is 0.528. The van der Waals surface area contributed by atoms with Crippen LogP contribution in [0.25, 0.3) is 0 Å². The van der Waals surface area contributed by atoms with Crippen LogP contribution < -0.4 is 0 Å². The fourth-order valence-electron chi connectivity index (χ4n) is 3.18. The van der Waals surface area contributed by atoms with Gasteiger partial charge in [-0.25, -0.2) is 4.79 Å². The molecule has 1 fully saturated rings. The van der Waals surface area contributed by atoms with Crippen molar-refractivity contribution in [3.05, 3.63) is 35.4 Å². The van der Waals surface area contributed by atoms with Gasteiger partial charge in [-0.1, -0.05) is 24.1 Å². The molecule has 132 valence electrons. The zero-order valence-corrected chi connectivity index (χ0v) is 14.1. The Hall–Kier alpha value is -2.70. The second kappa shape index (κ2) is 7.04. The van der Waals surface area contributed by atoms with Crippen molar-refractivity contribution in [2.45, 2.75) is 32.6 Å². The van der Waals surface area contributed by atoms with Gasteiger partial charge in [0.15, 0.2) is 0 Å². The lowest BCUT2D eigenvalue weighted by Gasteiger charge is -2.31. The highest BCUT2D eigenvalue weighted by atomic mass is 16.7. The Morgan fingerprint density at radius 2 is 1.80 bits per heavy atom. The normalized spacial score (nSPS) is 19.8. The van der Waals surface area contributed by atoms with E-state index in [9.17, 15) is 19.2 Å². The van der Waals surface area contributed by atoms with Crippen LogP contribution in [-0.2, 0) is 14.4 Å². The Kier molecular flexibility index (Phi) is 4.83. The maximum atomic E-state index is 12.4. The molecule has 3 amide bonds. The van der Waals surface area contributed by atoms with Crippen molar-refractivity contribution in [1.82, 2.24) is 9.96 Å². The minimum absolute atomic E-state index is 0.0146. The Morgan fingerprint density at radius 1 is 1.16 bits per heavy atom. The Morgan fingerprint density at radius 3 is 2.40 bits per heavy atom. The molecule has 0 radical (unpaired) electrons. The highest BCUT2D eigenvalue weighted by Gasteiger charge is 2.40. The molecule has 1 atom stereocenters. The third kappa shape index (κ3) is 3.26. The number of imide groups is 1. The number of likely N-dealkylation sites (tertiary alicyclic amines) is 1. The summed E-state index contributed by atoms with van der Waals surface area (Å²) < 4.78 is 0. The summed E-state index contributed by atoms with van der Waals surface area (Å²) in [6.07, 6.45) is 2.45. The summed E-state index contributed by atoms with van der Waals surface area (Å²) in [5.41, 5.74) is 0.451. The van der Waals surface area contributed by atoms with E-state index < -0.39 is 23.7 Å². The lowest BCUT2D eigenvalue weighted by Crippen LogP contribution is -2.44. The Balaban J connectivity index is 1.66. The smallest absolute Gasteiger partial charge is 0.338 e. The molecule has 25 heavy (non-hydrogen) atoms. The average Bonchev–Trinajstić information content (AvgIpc) is 2.87. The van der Waals surface area contributed by atoms with Gasteiger partial charge in [-0.3, -0.25) is 14.4 Å². The Labute approximate surface area is 145 Å². The molecule has 0 N–H and O–H groups in total. The van der Waals surface area contributed by atoms with Crippen molar-refractivity contribution in [1.29, 1.82) is 0 Å². The number of piperidine rings is 1. The first-order chi connectivity index (χ1) is 12.0. The lowest BCUT2D eigenvalue weighted by atomic mass is 9.98. The van der Waals surface area contributed by atoms with Crippen LogP contribution in [0.2, 0.25) is 0 Å². The number of fused-ring (bicyclic) bond motifs is 1. The van der Waals surface area contributed by atoms with Gasteiger partial charge in [0, 0.05) is 19.5 Å². The lowest BCUT2D eigenvalue weighted by molar-refractivity contribution is -0.175. The van der Waals surface area contributed by atoms with Crippen molar-refractivity contribution in [2.24, 2.45) is 5.92 Å². The molecule has 1 aromatic carbocycles. The summed E-state index contributed by atoms with van der Waals surface area (Å²) in [6.45, 7) is 2.81. The Bertz CT molecular complexity index is 695. The van der Waals surface area contributed by atoms with Gasteiger partial charge in [0.25, 0.3) is 11.8 Å². The van der Waals surface area contributed by atoms with Gasteiger partial charge in [0.1, 0.15) is 0 Å². The summed E-state index contributed by atoms with van der Waals surface area (Å²) in [7, 11) is 0. The number of hydrogen-bond donors (Lipinski definition) is 0. The maximum Gasteiger partial charge on any atom is 0.338 e. The van der Waals surface area contributed by atoms with E-state index >= 15 is 0 Å². The summed E-state index contributed by atoms with van der Waals surface area (Å²) in [5.74, 6) is -2.43. The van der Waals surface area contributed by atoms with Crippen LogP contribution in [-0.4, -0.2) is 46.7 Å². The third-order valence-electron chi connectivity index (χ3n) is 4.51. The van der Waals surface area contributed by atoms with E-state index in [1.165, 1.54) is 12.1 Å². The van der Waals surface area contributed by atoms with E-state index in [4.69, 9.17) is 4.84 Å². The van der Waals surface area contributed by atoms with Gasteiger partial charge >= 0.3 is 5.97 Å².